The van der Waals surface area contributed by atoms with Gasteiger partial charge in [-0.3, -0.25) is 0 Å². The van der Waals surface area contributed by atoms with Crippen LogP contribution in [0.2, 0.25) is 0 Å². The van der Waals surface area contributed by atoms with Crippen LogP contribution < -0.4 is 5.32 Å². The van der Waals surface area contributed by atoms with Gasteiger partial charge in [0.05, 0.1) is 64.4 Å². The molecule has 39 nitrogen and oxygen atoms in total. The van der Waals surface area contributed by atoms with Gasteiger partial charge < -0.3 is 195 Å². The summed E-state index contributed by atoms with van der Waals surface area (Å²) in [5.41, 5.74) is -0.178. The van der Waals surface area contributed by atoms with Crippen molar-refractivity contribution in [3.05, 3.63) is 11.6 Å². The molecule has 8 aliphatic rings. The Morgan fingerprint density at radius 2 is 0.591 bits per heavy atom. The van der Waals surface area contributed by atoms with Gasteiger partial charge >= 0.3 is 0 Å². The predicted molar refractivity (Wildman–Crippen MR) is 268 cm³/mol. The van der Waals surface area contributed by atoms with Crippen LogP contribution in [0.1, 0.15) is 6.92 Å². The Morgan fingerprint density at radius 1 is 0.307 bits per heavy atom. The highest BCUT2D eigenvalue weighted by atomic mass is 16.8. The SMILES string of the molecule is CC1OC(OC2C(CO)OC(OC3C(CO)OC(OC4C(CO)OC(OC5OC(CO)C(O)C(O)C5O)C(O)C4O)C(O)C3O)C(O)C2O)C(O)C(O)C1NC1C=C(CO)C(OC2OC(CO)C(OC3OC(CO)C(O)C(O)C3O)C(O)C2O)C(O)C1O. The quantitative estimate of drug-likeness (QED) is 0.0475. The van der Waals surface area contributed by atoms with Crippen molar-refractivity contribution in [3.63, 3.8) is 0 Å². The van der Waals surface area contributed by atoms with E-state index < -0.39 is 285 Å². The summed E-state index contributed by atoms with van der Waals surface area (Å²) < 4.78 is 72.8. The van der Waals surface area contributed by atoms with Gasteiger partial charge in [-0.2, -0.15) is 0 Å². The molecule has 0 aromatic carbocycles. The van der Waals surface area contributed by atoms with Crippen molar-refractivity contribution in [2.24, 2.45) is 0 Å². The summed E-state index contributed by atoms with van der Waals surface area (Å²) >= 11 is 0. The summed E-state index contributed by atoms with van der Waals surface area (Å²) in [7, 11) is 0. The van der Waals surface area contributed by atoms with Crippen LogP contribution >= 0.6 is 0 Å². The molecule has 0 aromatic heterocycles. The predicted octanol–water partition coefficient (Wildman–Crippen LogP) is -17.3. The molecule has 0 aromatic rings. The molecular formula is C49H83NO38. The topological polar surface area (TPSA) is 638 Å². The fourth-order valence-corrected chi connectivity index (χ4v) is 11.7. The zero-order valence-corrected chi connectivity index (χ0v) is 46.5. The number of hydrogen-bond acceptors (Lipinski definition) is 39. The Morgan fingerprint density at radius 3 is 0.920 bits per heavy atom. The Kier molecular flexibility index (Phi) is 25.1. The second kappa shape index (κ2) is 30.7. The van der Waals surface area contributed by atoms with Crippen molar-refractivity contribution in [3.8, 4) is 0 Å². The van der Waals surface area contributed by atoms with Gasteiger partial charge in [0, 0.05) is 0 Å². The van der Waals surface area contributed by atoms with E-state index in [0.29, 0.717) is 0 Å². The minimum atomic E-state index is -2.19. The van der Waals surface area contributed by atoms with Crippen molar-refractivity contribution in [1.29, 1.82) is 0 Å². The van der Waals surface area contributed by atoms with E-state index in [1.165, 1.54) is 6.92 Å². The van der Waals surface area contributed by atoms with E-state index >= 15 is 0 Å². The van der Waals surface area contributed by atoms with E-state index in [4.69, 9.17) is 61.6 Å². The van der Waals surface area contributed by atoms with Crippen molar-refractivity contribution in [1.82, 2.24) is 5.32 Å². The molecule has 0 bridgehead atoms. The number of nitrogens with one attached hydrogen (secondary N) is 1. The van der Waals surface area contributed by atoms with Gasteiger partial charge in [-0.25, -0.2) is 0 Å². The van der Waals surface area contributed by atoms with E-state index in [-0.39, 0.29) is 5.57 Å². The van der Waals surface area contributed by atoms with Gasteiger partial charge in [0.15, 0.2) is 44.0 Å². The zero-order chi connectivity index (χ0) is 64.7. The maximum Gasteiger partial charge on any atom is 0.189 e. The monoisotopic (exact) mass is 1290 g/mol. The van der Waals surface area contributed by atoms with Crippen LogP contribution in [0.3, 0.4) is 0 Å². The Bertz CT molecular complexity index is 2180. The molecule has 39 unspecified atom stereocenters. The maximum absolute atomic E-state index is 11.5. The first kappa shape index (κ1) is 72.0. The molecule has 7 fully saturated rings. The Hall–Kier alpha value is -1.82. The minimum absolute atomic E-state index is 0.178. The fourth-order valence-electron chi connectivity index (χ4n) is 11.7. The van der Waals surface area contributed by atoms with E-state index in [0.717, 1.165) is 6.08 Å². The Labute approximate surface area is 497 Å². The second-order valence-electron chi connectivity index (χ2n) is 22.6. The molecular weight excluding hydrogens is 1210 g/mol. The summed E-state index contributed by atoms with van der Waals surface area (Å²) in [4.78, 5) is 0. The molecule has 26 N–H and O–H groups in total. The molecule has 0 spiro atoms. The van der Waals surface area contributed by atoms with E-state index in [2.05, 4.69) is 5.32 Å². The standard InChI is InChI=1S/C49H83NO38/c1-10-19(50-12-2-11(3-51)38(26(64)20(12)58)83-45-34(72)27(65)40(16(7-55)79-45)85-44-32(70)24(62)21(59)13(4-52)77-44)23(61)31(69)43(76-10)84-39-15(6-54)80-46(35(73)28(39)66)86-41-17(8-56)81-47(36(74)29(41)67)87-42-18(9-57)82-49(37(75)30(42)68)88-48-33(71)25(63)22(60)14(5-53)78-48/h2,10,12-75H,3-9H2,1H3. The molecule has 39 heteroatoms. The van der Waals surface area contributed by atoms with Crippen molar-refractivity contribution >= 4 is 0 Å². The average Bonchev–Trinajstić information content (AvgIpc) is 3.41. The lowest BCUT2D eigenvalue weighted by Crippen LogP contribution is -2.69. The van der Waals surface area contributed by atoms with Crippen LogP contribution in [0.15, 0.2) is 11.6 Å². The van der Waals surface area contributed by atoms with E-state index in [1.807, 2.05) is 0 Å². The second-order valence-corrected chi connectivity index (χ2v) is 22.6. The summed E-state index contributed by atoms with van der Waals surface area (Å²) in [6.07, 6.45) is -68.2. The van der Waals surface area contributed by atoms with Crippen molar-refractivity contribution in [2.75, 3.05) is 46.2 Å². The molecule has 88 heavy (non-hydrogen) atoms. The van der Waals surface area contributed by atoms with Gasteiger partial charge in [0.2, 0.25) is 0 Å². The normalized spacial score (nSPS) is 53.2. The number of aliphatic hydroxyl groups is 25. The molecule has 8 rings (SSSR count). The molecule has 39 atom stereocenters. The largest absolute Gasteiger partial charge is 0.394 e. The number of rotatable bonds is 21. The molecule has 0 radical (unpaired) electrons. The first-order valence-corrected chi connectivity index (χ1v) is 28.2. The van der Waals surface area contributed by atoms with E-state index in [1.54, 1.807) is 0 Å². The van der Waals surface area contributed by atoms with Crippen LogP contribution in [0.5, 0.6) is 0 Å². The lowest BCUT2D eigenvalue weighted by Gasteiger charge is -2.49. The number of ether oxygens (including phenoxy) is 13. The zero-order valence-electron chi connectivity index (χ0n) is 46.5. The number of hydrogen-bond donors (Lipinski definition) is 26. The van der Waals surface area contributed by atoms with Gasteiger partial charge in [0.25, 0.3) is 0 Å². The molecule has 512 valence electrons. The number of aliphatic hydroxyl groups excluding tert-OH is 25. The van der Waals surface area contributed by atoms with Crippen molar-refractivity contribution < 1.29 is 189 Å². The van der Waals surface area contributed by atoms with Gasteiger partial charge in [-0.1, -0.05) is 6.08 Å². The van der Waals surface area contributed by atoms with Crippen LogP contribution in [-0.4, -0.2) is 413 Å². The molecule has 7 saturated heterocycles. The smallest absolute Gasteiger partial charge is 0.189 e. The summed E-state index contributed by atoms with van der Waals surface area (Å²) in [6.45, 7) is -5.22. The third-order valence-electron chi connectivity index (χ3n) is 16.9. The summed E-state index contributed by atoms with van der Waals surface area (Å²) in [6, 6.07) is -2.76. The highest BCUT2D eigenvalue weighted by molar-refractivity contribution is 5.23. The van der Waals surface area contributed by atoms with Gasteiger partial charge in [0.1, 0.15) is 177 Å². The minimum Gasteiger partial charge on any atom is -0.394 e. The van der Waals surface area contributed by atoms with Crippen LogP contribution in [0, 0.1) is 0 Å². The molecule has 0 saturated carbocycles. The average molecular weight is 1290 g/mol. The van der Waals surface area contributed by atoms with E-state index in [9.17, 15) is 128 Å². The first-order chi connectivity index (χ1) is 41.7. The third-order valence-corrected chi connectivity index (χ3v) is 16.9. The lowest BCUT2D eigenvalue weighted by molar-refractivity contribution is -0.399. The summed E-state index contributed by atoms with van der Waals surface area (Å²) in [5, 5.41) is 270. The van der Waals surface area contributed by atoms with Gasteiger partial charge in [-0.15, -0.1) is 0 Å². The fraction of sp³-hybridized carbons (Fsp3) is 0.959. The lowest BCUT2D eigenvalue weighted by atomic mass is 9.86. The first-order valence-electron chi connectivity index (χ1n) is 28.2. The molecule has 1 aliphatic carbocycles. The van der Waals surface area contributed by atoms with Gasteiger partial charge in [-0.05, 0) is 12.5 Å². The Balaban J connectivity index is 0.849. The maximum atomic E-state index is 11.5. The molecule has 0 amide bonds. The van der Waals surface area contributed by atoms with Crippen LogP contribution in [-0.2, 0) is 61.6 Å². The van der Waals surface area contributed by atoms with Crippen molar-refractivity contribution in [2.45, 2.75) is 246 Å². The third kappa shape index (κ3) is 14.5. The van der Waals surface area contributed by atoms with Crippen LogP contribution in [0.25, 0.3) is 0 Å². The van der Waals surface area contributed by atoms with Crippen LogP contribution in [0.4, 0.5) is 0 Å². The molecule has 7 heterocycles. The molecule has 7 aliphatic heterocycles. The highest BCUT2D eigenvalue weighted by Gasteiger charge is 2.58. The summed E-state index contributed by atoms with van der Waals surface area (Å²) in [5.74, 6) is 0. The highest BCUT2D eigenvalue weighted by Crippen LogP contribution is 2.38.